The Bertz CT molecular complexity index is 693. The van der Waals surface area contributed by atoms with Crippen LogP contribution < -0.4 is 10.6 Å². The lowest BCUT2D eigenvalue weighted by Gasteiger charge is -2.30. The third kappa shape index (κ3) is 8.75. The molecule has 27 heavy (non-hydrogen) atoms. The van der Waals surface area contributed by atoms with E-state index in [-0.39, 0.29) is 5.75 Å². The standard InChI is InChI=1S/C20H34N4O2S/c1-17-9-13-24(14-10-17)12-4-11-22-20(21-2)23-15-18-5-7-19(8-6-18)16-27(3,25)26/h5-8,17H,4,9-16H2,1-3H3,(H2,21,22,23). The summed E-state index contributed by atoms with van der Waals surface area (Å²) >= 11 is 0. The number of rotatable bonds is 8. The lowest BCUT2D eigenvalue weighted by Crippen LogP contribution is -2.39. The van der Waals surface area contributed by atoms with Gasteiger partial charge in [0.1, 0.15) is 0 Å². The van der Waals surface area contributed by atoms with E-state index in [1.54, 1.807) is 7.05 Å². The van der Waals surface area contributed by atoms with Crippen LogP contribution in [0.25, 0.3) is 0 Å². The van der Waals surface area contributed by atoms with Crippen molar-refractivity contribution in [2.24, 2.45) is 10.9 Å². The van der Waals surface area contributed by atoms with E-state index >= 15 is 0 Å². The Kier molecular flexibility index (Phi) is 8.57. The van der Waals surface area contributed by atoms with Gasteiger partial charge in [-0.25, -0.2) is 8.42 Å². The average Bonchev–Trinajstić information content (AvgIpc) is 2.62. The second kappa shape index (κ2) is 10.7. The van der Waals surface area contributed by atoms with Gasteiger partial charge in [-0.05, 0) is 55.9 Å². The minimum absolute atomic E-state index is 0.0832. The zero-order valence-electron chi connectivity index (χ0n) is 16.9. The summed E-state index contributed by atoms with van der Waals surface area (Å²) in [5.74, 6) is 1.75. The second-order valence-electron chi connectivity index (χ2n) is 7.62. The van der Waals surface area contributed by atoms with Crippen molar-refractivity contribution in [3.8, 4) is 0 Å². The minimum Gasteiger partial charge on any atom is -0.356 e. The van der Waals surface area contributed by atoms with Gasteiger partial charge < -0.3 is 15.5 Å². The summed E-state index contributed by atoms with van der Waals surface area (Å²) in [6.45, 7) is 7.49. The smallest absolute Gasteiger partial charge is 0.191 e. The zero-order valence-corrected chi connectivity index (χ0v) is 17.7. The number of benzene rings is 1. The molecule has 0 unspecified atom stereocenters. The van der Waals surface area contributed by atoms with Crippen LogP contribution in [0.15, 0.2) is 29.3 Å². The third-order valence-electron chi connectivity index (χ3n) is 4.96. The van der Waals surface area contributed by atoms with Crippen molar-refractivity contribution in [2.75, 3.05) is 39.5 Å². The van der Waals surface area contributed by atoms with Gasteiger partial charge in [0.05, 0.1) is 5.75 Å². The molecule has 1 fully saturated rings. The lowest BCUT2D eigenvalue weighted by molar-refractivity contribution is 0.191. The Morgan fingerprint density at radius 3 is 2.37 bits per heavy atom. The third-order valence-corrected chi connectivity index (χ3v) is 5.81. The van der Waals surface area contributed by atoms with E-state index < -0.39 is 9.84 Å². The largest absolute Gasteiger partial charge is 0.356 e. The van der Waals surface area contributed by atoms with Gasteiger partial charge in [0.25, 0.3) is 0 Å². The Hall–Kier alpha value is -1.60. The number of aliphatic imine (C=N–C) groups is 1. The summed E-state index contributed by atoms with van der Waals surface area (Å²) in [7, 11) is -1.22. The number of hydrogen-bond donors (Lipinski definition) is 2. The predicted octanol–water partition coefficient (Wildman–Crippen LogP) is 2.02. The van der Waals surface area contributed by atoms with E-state index in [9.17, 15) is 8.42 Å². The molecule has 1 aromatic rings. The van der Waals surface area contributed by atoms with Gasteiger partial charge in [0.15, 0.2) is 15.8 Å². The Labute approximate surface area is 164 Å². The monoisotopic (exact) mass is 394 g/mol. The summed E-state index contributed by atoms with van der Waals surface area (Å²) in [4.78, 5) is 6.82. The van der Waals surface area contributed by atoms with Crippen LogP contribution in [-0.2, 0) is 22.1 Å². The van der Waals surface area contributed by atoms with Gasteiger partial charge in [0.2, 0.25) is 0 Å². The number of nitrogens with zero attached hydrogens (tertiary/aromatic N) is 2. The van der Waals surface area contributed by atoms with E-state index in [1.165, 1.54) is 32.2 Å². The van der Waals surface area contributed by atoms with Crippen molar-refractivity contribution in [3.05, 3.63) is 35.4 Å². The molecule has 0 saturated carbocycles. The number of nitrogens with one attached hydrogen (secondary N) is 2. The lowest BCUT2D eigenvalue weighted by atomic mass is 9.99. The number of sulfone groups is 1. The van der Waals surface area contributed by atoms with Crippen LogP contribution >= 0.6 is 0 Å². The fraction of sp³-hybridized carbons (Fsp3) is 0.650. The van der Waals surface area contributed by atoms with E-state index in [0.29, 0.717) is 6.54 Å². The number of likely N-dealkylation sites (tertiary alicyclic amines) is 1. The summed E-state index contributed by atoms with van der Waals surface area (Å²) in [5, 5.41) is 6.67. The van der Waals surface area contributed by atoms with Crippen molar-refractivity contribution in [1.82, 2.24) is 15.5 Å². The topological polar surface area (TPSA) is 73.8 Å². The van der Waals surface area contributed by atoms with Crippen LogP contribution in [0.2, 0.25) is 0 Å². The SMILES string of the molecule is CN=C(NCCCN1CCC(C)CC1)NCc1ccc(CS(C)(=O)=O)cc1. The molecule has 7 heteroatoms. The van der Waals surface area contributed by atoms with E-state index in [4.69, 9.17) is 0 Å². The number of guanidine groups is 1. The Morgan fingerprint density at radius 2 is 1.78 bits per heavy atom. The van der Waals surface area contributed by atoms with Crippen LogP contribution in [-0.4, -0.2) is 58.8 Å². The molecule has 0 aromatic heterocycles. The highest BCUT2D eigenvalue weighted by Crippen LogP contribution is 2.15. The highest BCUT2D eigenvalue weighted by molar-refractivity contribution is 7.89. The van der Waals surface area contributed by atoms with Gasteiger partial charge >= 0.3 is 0 Å². The first-order valence-corrected chi connectivity index (χ1v) is 11.8. The van der Waals surface area contributed by atoms with Crippen LogP contribution in [0.4, 0.5) is 0 Å². The molecule has 0 atom stereocenters. The fourth-order valence-corrected chi connectivity index (χ4v) is 4.06. The fourth-order valence-electron chi connectivity index (χ4n) is 3.26. The van der Waals surface area contributed by atoms with E-state index in [2.05, 4.69) is 27.4 Å². The molecule has 1 aliphatic heterocycles. The summed E-state index contributed by atoms with van der Waals surface area (Å²) in [6, 6.07) is 7.65. The molecular weight excluding hydrogens is 360 g/mol. The first kappa shape index (κ1) is 21.7. The molecule has 1 aromatic carbocycles. The number of piperidine rings is 1. The first-order chi connectivity index (χ1) is 12.9. The summed E-state index contributed by atoms with van der Waals surface area (Å²) in [5.41, 5.74) is 1.91. The molecule has 152 valence electrons. The highest BCUT2D eigenvalue weighted by Gasteiger charge is 2.14. The van der Waals surface area contributed by atoms with Gasteiger partial charge in [0, 0.05) is 26.4 Å². The minimum atomic E-state index is -2.99. The molecule has 6 nitrogen and oxygen atoms in total. The Balaban J connectivity index is 1.66. The molecule has 0 spiro atoms. The van der Waals surface area contributed by atoms with E-state index in [1.807, 2.05) is 24.3 Å². The van der Waals surface area contributed by atoms with Crippen molar-refractivity contribution in [2.45, 2.75) is 38.5 Å². The molecule has 2 N–H and O–H groups in total. The summed E-state index contributed by atoms with van der Waals surface area (Å²) < 4.78 is 22.7. The van der Waals surface area contributed by atoms with Crippen molar-refractivity contribution in [3.63, 3.8) is 0 Å². The second-order valence-corrected chi connectivity index (χ2v) is 9.76. The molecule has 0 aliphatic carbocycles. The average molecular weight is 395 g/mol. The van der Waals surface area contributed by atoms with Crippen molar-refractivity contribution < 1.29 is 8.42 Å². The Morgan fingerprint density at radius 1 is 1.15 bits per heavy atom. The van der Waals surface area contributed by atoms with Crippen LogP contribution in [0, 0.1) is 5.92 Å². The predicted molar refractivity (Wildman–Crippen MR) is 113 cm³/mol. The highest BCUT2D eigenvalue weighted by atomic mass is 32.2. The van der Waals surface area contributed by atoms with Crippen molar-refractivity contribution in [1.29, 1.82) is 0 Å². The molecule has 1 aliphatic rings. The summed E-state index contributed by atoms with van der Waals surface area (Å²) in [6.07, 6.45) is 5.00. The molecule has 1 saturated heterocycles. The maximum Gasteiger partial charge on any atom is 0.191 e. The molecule has 0 bridgehead atoms. The van der Waals surface area contributed by atoms with Crippen molar-refractivity contribution >= 4 is 15.8 Å². The van der Waals surface area contributed by atoms with Gasteiger partial charge in [-0.15, -0.1) is 0 Å². The molecular formula is C20H34N4O2S. The van der Waals surface area contributed by atoms with Gasteiger partial charge in [-0.3, -0.25) is 4.99 Å². The first-order valence-electron chi connectivity index (χ1n) is 9.78. The van der Waals surface area contributed by atoms with E-state index in [0.717, 1.165) is 42.5 Å². The van der Waals surface area contributed by atoms with Crippen LogP contribution in [0.3, 0.4) is 0 Å². The van der Waals surface area contributed by atoms with Crippen LogP contribution in [0.5, 0.6) is 0 Å². The molecule has 2 rings (SSSR count). The van der Waals surface area contributed by atoms with Gasteiger partial charge in [-0.1, -0.05) is 31.2 Å². The van der Waals surface area contributed by atoms with Crippen LogP contribution in [0.1, 0.15) is 37.3 Å². The quantitative estimate of drug-likeness (QED) is 0.401. The zero-order chi connectivity index (χ0) is 19.7. The normalized spacial score (nSPS) is 17.1. The molecule has 1 heterocycles. The molecule has 0 radical (unpaired) electrons. The maximum absolute atomic E-state index is 11.3. The molecule has 0 amide bonds. The van der Waals surface area contributed by atoms with Gasteiger partial charge in [-0.2, -0.15) is 0 Å². The number of hydrogen-bond acceptors (Lipinski definition) is 4. The maximum atomic E-state index is 11.3.